The van der Waals surface area contributed by atoms with Gasteiger partial charge >= 0.3 is 13.2 Å². The zero-order valence-corrected chi connectivity index (χ0v) is 23.9. The molecule has 216 valence electrons. The normalized spacial score (nSPS) is 27.7. The van der Waals surface area contributed by atoms with Crippen LogP contribution in [0.5, 0.6) is 0 Å². The molecule has 0 aromatic heterocycles. The van der Waals surface area contributed by atoms with Gasteiger partial charge in [0.25, 0.3) is 5.91 Å². The first-order valence-corrected chi connectivity index (χ1v) is 14.1. The van der Waals surface area contributed by atoms with Gasteiger partial charge in [-0.15, -0.1) is 0 Å². The van der Waals surface area contributed by atoms with Crippen LogP contribution in [-0.2, 0) is 20.7 Å². The second-order valence-corrected chi connectivity index (χ2v) is 12.0. The summed E-state index contributed by atoms with van der Waals surface area (Å²) in [7, 11) is -1.77. The highest BCUT2D eigenvalue weighted by molar-refractivity contribution is 6.43. The largest absolute Gasteiger partial charge is 0.475 e. The maximum atomic E-state index is 13.8. The number of nitrogens with zero attached hydrogens (tertiary/aromatic N) is 3. The molecule has 3 N–H and O–H groups in total. The van der Waals surface area contributed by atoms with Crippen LogP contribution in [0.25, 0.3) is 0 Å². The van der Waals surface area contributed by atoms with Crippen molar-refractivity contribution in [2.75, 3.05) is 19.7 Å². The highest BCUT2D eigenvalue weighted by atomic mass is 16.6. The average Bonchev–Trinajstić information content (AvgIpc) is 3.45. The minimum absolute atomic E-state index is 0.00690. The number of amides is 2. The molecule has 0 aliphatic carbocycles. The summed E-state index contributed by atoms with van der Waals surface area (Å²) in [5.41, 5.74) is -0.293. The number of benzene rings is 1. The van der Waals surface area contributed by atoms with Gasteiger partial charge in [0.2, 0.25) is 0 Å². The van der Waals surface area contributed by atoms with Crippen LogP contribution in [0.4, 0.5) is 4.79 Å². The fraction of sp³-hybridized carbons (Fsp3) is 0.621. The van der Waals surface area contributed by atoms with Crippen LogP contribution in [0.3, 0.4) is 0 Å². The van der Waals surface area contributed by atoms with Gasteiger partial charge in [-0.1, -0.05) is 30.3 Å². The number of alkyl carbamates (subject to hydrolysis) is 1. The summed E-state index contributed by atoms with van der Waals surface area (Å²) >= 11 is 0. The predicted molar refractivity (Wildman–Crippen MR) is 150 cm³/mol. The Morgan fingerprint density at radius 3 is 2.42 bits per heavy atom. The fourth-order valence-electron chi connectivity index (χ4n) is 6.48. The molecule has 11 heteroatoms. The second kappa shape index (κ2) is 12.3. The van der Waals surface area contributed by atoms with E-state index in [1.54, 1.807) is 11.0 Å². The second-order valence-electron chi connectivity index (χ2n) is 12.0. The van der Waals surface area contributed by atoms with E-state index >= 15 is 0 Å². The van der Waals surface area contributed by atoms with E-state index in [4.69, 9.17) is 9.47 Å². The molecule has 0 unspecified atom stereocenters. The van der Waals surface area contributed by atoms with E-state index in [0.717, 1.165) is 18.4 Å². The Morgan fingerprint density at radius 1 is 1.23 bits per heavy atom. The summed E-state index contributed by atoms with van der Waals surface area (Å²) in [4.78, 5) is 30.5. The van der Waals surface area contributed by atoms with Gasteiger partial charge < -0.3 is 29.7 Å². The fourth-order valence-corrected chi connectivity index (χ4v) is 6.48. The molecule has 0 saturated carbocycles. The van der Waals surface area contributed by atoms with Crippen molar-refractivity contribution < 1.29 is 29.1 Å². The maximum absolute atomic E-state index is 13.8. The molecular formula is C29H41BN4O6. The highest BCUT2D eigenvalue weighted by Gasteiger charge is 2.55. The first-order valence-electron chi connectivity index (χ1n) is 14.1. The first kappa shape index (κ1) is 30.1. The van der Waals surface area contributed by atoms with Crippen LogP contribution in [-0.4, -0.2) is 93.9 Å². The molecule has 1 aromatic rings. The molecule has 10 nitrogen and oxygen atoms in total. The average molecular weight is 552 g/mol. The molecule has 3 saturated heterocycles. The summed E-state index contributed by atoms with van der Waals surface area (Å²) in [6.07, 6.45) is 4.22. The summed E-state index contributed by atoms with van der Waals surface area (Å²) < 4.78 is 11.4. The molecule has 2 amide bonds. The third-order valence-corrected chi connectivity index (χ3v) is 8.50. The molecule has 3 aliphatic heterocycles. The lowest BCUT2D eigenvalue weighted by atomic mass is 9.76. The quantitative estimate of drug-likeness (QED) is 0.241. The standard InChI is InChI=1S/C29H41BN4O6/c1-20-17-33(18-21(2)40-20)28(3,4)15-23(16-31)26(35)34-24-10-12-29(34,13-11-24)19-39-27(36)32-25(30(37)38)14-22-8-6-5-7-9-22/h5-9,15,20-21,24-25,37-38H,10-14,17-19H2,1-4H3,(H,32,36)/b23-15+/t20-,21-,24?,25-,29?/m0/s1. The Balaban J connectivity index is 1.43. The van der Waals surface area contributed by atoms with E-state index < -0.39 is 30.2 Å². The molecule has 0 spiro atoms. The van der Waals surface area contributed by atoms with Crippen molar-refractivity contribution in [1.29, 1.82) is 5.26 Å². The molecule has 2 bridgehead atoms. The van der Waals surface area contributed by atoms with E-state index in [1.165, 1.54) is 0 Å². The van der Waals surface area contributed by atoms with Crippen molar-refractivity contribution >= 4 is 19.1 Å². The zero-order valence-electron chi connectivity index (χ0n) is 23.9. The Labute approximate surface area is 237 Å². The number of carbonyl (C=O) groups excluding carboxylic acids is 2. The number of hydrogen-bond acceptors (Lipinski definition) is 8. The van der Waals surface area contributed by atoms with Crippen LogP contribution < -0.4 is 5.32 Å². The van der Waals surface area contributed by atoms with Crippen LogP contribution in [0, 0.1) is 11.3 Å². The van der Waals surface area contributed by atoms with Gasteiger partial charge in [0.1, 0.15) is 18.2 Å². The van der Waals surface area contributed by atoms with Crippen LogP contribution in [0.2, 0.25) is 0 Å². The number of rotatable bonds is 9. The molecule has 3 aliphatic rings. The Kier molecular flexibility index (Phi) is 9.25. The van der Waals surface area contributed by atoms with E-state index in [9.17, 15) is 24.9 Å². The number of nitrogens with one attached hydrogen (secondary N) is 1. The molecular weight excluding hydrogens is 511 g/mol. The van der Waals surface area contributed by atoms with Gasteiger partial charge in [0.05, 0.1) is 23.7 Å². The number of nitriles is 1. The van der Waals surface area contributed by atoms with Gasteiger partial charge in [0, 0.05) is 24.7 Å². The number of ether oxygens (including phenoxy) is 2. The number of morpholine rings is 1. The molecule has 3 fully saturated rings. The van der Waals surface area contributed by atoms with Crippen molar-refractivity contribution in [3.05, 3.63) is 47.5 Å². The lowest BCUT2D eigenvalue weighted by molar-refractivity contribution is -0.132. The summed E-state index contributed by atoms with van der Waals surface area (Å²) in [6.45, 7) is 9.43. The maximum Gasteiger partial charge on any atom is 0.475 e. The van der Waals surface area contributed by atoms with Gasteiger partial charge in [-0.2, -0.15) is 5.26 Å². The third kappa shape index (κ3) is 6.69. The molecule has 3 atom stereocenters. The van der Waals surface area contributed by atoms with Gasteiger partial charge in [-0.3, -0.25) is 9.69 Å². The van der Waals surface area contributed by atoms with Crippen molar-refractivity contribution in [2.45, 2.75) is 95.1 Å². The van der Waals surface area contributed by atoms with Gasteiger partial charge in [0.15, 0.2) is 0 Å². The monoisotopic (exact) mass is 552 g/mol. The minimum Gasteiger partial charge on any atom is -0.447 e. The SMILES string of the molecule is C[C@H]1CN(C(C)(C)/C=C(\C#N)C(=O)N2C3CCC2(COC(=O)N[C@@H](Cc2ccccc2)B(O)O)CC3)C[C@H](C)O1. The smallest absolute Gasteiger partial charge is 0.447 e. The zero-order chi connectivity index (χ0) is 29.1. The minimum atomic E-state index is -1.77. The summed E-state index contributed by atoms with van der Waals surface area (Å²) in [6, 6.07) is 11.3. The van der Waals surface area contributed by atoms with E-state index in [2.05, 4.69) is 16.3 Å². The summed E-state index contributed by atoms with van der Waals surface area (Å²) in [5, 5.41) is 32.2. The van der Waals surface area contributed by atoms with Gasteiger partial charge in [-0.25, -0.2) is 4.79 Å². The highest BCUT2D eigenvalue weighted by Crippen LogP contribution is 2.47. The topological polar surface area (TPSA) is 135 Å². The lowest BCUT2D eigenvalue weighted by Gasteiger charge is -2.44. The van der Waals surface area contributed by atoms with Crippen molar-refractivity contribution in [3.63, 3.8) is 0 Å². The van der Waals surface area contributed by atoms with E-state index in [0.29, 0.717) is 25.9 Å². The van der Waals surface area contributed by atoms with Crippen molar-refractivity contribution in [1.82, 2.24) is 15.1 Å². The molecule has 4 rings (SSSR count). The van der Waals surface area contributed by atoms with Crippen LogP contribution >= 0.6 is 0 Å². The van der Waals surface area contributed by atoms with Gasteiger partial charge in [-0.05, 0) is 71.4 Å². The predicted octanol–water partition coefficient (Wildman–Crippen LogP) is 2.20. The molecule has 40 heavy (non-hydrogen) atoms. The first-order chi connectivity index (χ1) is 18.9. The van der Waals surface area contributed by atoms with Crippen molar-refractivity contribution in [3.8, 4) is 6.07 Å². The van der Waals surface area contributed by atoms with Crippen molar-refractivity contribution in [2.24, 2.45) is 0 Å². The molecule has 3 heterocycles. The number of hydrogen-bond donors (Lipinski definition) is 3. The lowest BCUT2D eigenvalue weighted by Crippen LogP contribution is -2.54. The van der Waals surface area contributed by atoms with E-state index in [-0.39, 0.29) is 42.8 Å². The number of fused-ring (bicyclic) bond motifs is 2. The molecule has 0 radical (unpaired) electrons. The Morgan fingerprint density at radius 2 is 1.85 bits per heavy atom. The summed E-state index contributed by atoms with van der Waals surface area (Å²) in [5.74, 6) is -1.28. The molecule has 1 aromatic carbocycles. The number of carbonyl (C=O) groups is 2. The van der Waals surface area contributed by atoms with E-state index in [1.807, 2.05) is 58.0 Å². The van der Waals surface area contributed by atoms with Crippen LogP contribution in [0.1, 0.15) is 58.9 Å². The van der Waals surface area contributed by atoms with Crippen LogP contribution in [0.15, 0.2) is 42.0 Å². The third-order valence-electron chi connectivity index (χ3n) is 8.50. The Bertz CT molecular complexity index is 1120. The Hall–Kier alpha value is -2.91.